The zero-order valence-corrected chi connectivity index (χ0v) is 16.7. The van der Waals surface area contributed by atoms with Crippen LogP contribution in [-0.4, -0.2) is 0 Å². The third kappa shape index (κ3) is 2.72. The zero-order valence-electron chi connectivity index (χ0n) is 16.7. The fraction of sp³-hybridized carbons (Fsp3) is 0.111. The van der Waals surface area contributed by atoms with Gasteiger partial charge >= 0.3 is 0 Å². The largest absolute Gasteiger partial charge is 0.399 e. The first-order valence-electron chi connectivity index (χ1n) is 9.95. The van der Waals surface area contributed by atoms with E-state index >= 15 is 0 Å². The number of nitrogens with two attached hydrogens (primary N) is 2. The Balaban J connectivity index is 1.70. The second kappa shape index (κ2) is 6.25. The van der Waals surface area contributed by atoms with Gasteiger partial charge in [0.2, 0.25) is 0 Å². The quantitative estimate of drug-likeness (QED) is 0.393. The van der Waals surface area contributed by atoms with Crippen molar-refractivity contribution in [3.8, 4) is 33.4 Å². The Kier molecular flexibility index (Phi) is 3.78. The van der Waals surface area contributed by atoms with E-state index in [2.05, 4.69) is 80.6 Å². The van der Waals surface area contributed by atoms with E-state index in [0.717, 1.165) is 28.1 Å². The summed E-state index contributed by atoms with van der Waals surface area (Å²) in [5, 5.41) is 0. The van der Waals surface area contributed by atoms with E-state index in [9.17, 15) is 0 Å². The fourth-order valence-electron chi connectivity index (χ4n) is 4.59. The Morgan fingerprint density at radius 3 is 1.93 bits per heavy atom. The predicted octanol–water partition coefficient (Wildman–Crippen LogP) is 6.49. The van der Waals surface area contributed by atoms with Crippen molar-refractivity contribution in [1.82, 2.24) is 0 Å². The Bertz CT molecular complexity index is 1230. The van der Waals surface area contributed by atoms with Gasteiger partial charge in [0, 0.05) is 16.8 Å². The Morgan fingerprint density at radius 2 is 1.14 bits per heavy atom. The second-order valence-corrected chi connectivity index (χ2v) is 8.36. The highest BCUT2D eigenvalue weighted by atomic mass is 14.5. The van der Waals surface area contributed by atoms with Crippen LogP contribution in [0.2, 0.25) is 0 Å². The molecule has 1 aliphatic carbocycles. The molecule has 0 bridgehead atoms. The van der Waals surface area contributed by atoms with Gasteiger partial charge in [0.05, 0.1) is 0 Å². The predicted molar refractivity (Wildman–Crippen MR) is 124 cm³/mol. The van der Waals surface area contributed by atoms with Gasteiger partial charge in [0.15, 0.2) is 0 Å². The maximum Gasteiger partial charge on any atom is 0.0320 e. The number of anilines is 2. The monoisotopic (exact) mass is 376 g/mol. The lowest BCUT2D eigenvalue weighted by Crippen LogP contribution is -2.14. The normalized spacial score (nSPS) is 13.7. The molecular formula is C27H24N2. The molecule has 1 aliphatic rings. The van der Waals surface area contributed by atoms with Crippen molar-refractivity contribution in [3.05, 3.63) is 96.1 Å². The van der Waals surface area contributed by atoms with Gasteiger partial charge in [-0.25, -0.2) is 0 Å². The third-order valence-electron chi connectivity index (χ3n) is 6.16. The number of benzene rings is 4. The van der Waals surface area contributed by atoms with Crippen molar-refractivity contribution in [2.45, 2.75) is 19.3 Å². The Morgan fingerprint density at radius 1 is 0.517 bits per heavy atom. The van der Waals surface area contributed by atoms with E-state index in [0.29, 0.717) is 0 Å². The number of rotatable bonds is 2. The van der Waals surface area contributed by atoms with Gasteiger partial charge in [-0.2, -0.15) is 0 Å². The van der Waals surface area contributed by atoms with Crippen LogP contribution >= 0.6 is 0 Å². The number of hydrogen-bond donors (Lipinski definition) is 2. The van der Waals surface area contributed by atoms with Gasteiger partial charge in [-0.3, -0.25) is 0 Å². The molecule has 5 rings (SSSR count). The molecule has 0 atom stereocenters. The van der Waals surface area contributed by atoms with Crippen LogP contribution in [0.4, 0.5) is 11.4 Å². The van der Waals surface area contributed by atoms with Crippen molar-refractivity contribution in [2.24, 2.45) is 0 Å². The summed E-state index contributed by atoms with van der Waals surface area (Å²) in [5.74, 6) is 0. The molecule has 4 aromatic carbocycles. The molecule has 0 saturated heterocycles. The molecular weight excluding hydrogens is 352 g/mol. The minimum atomic E-state index is -0.0242. The first kappa shape index (κ1) is 17.6. The minimum Gasteiger partial charge on any atom is -0.399 e. The number of fused-ring (bicyclic) bond motifs is 3. The average molecular weight is 377 g/mol. The number of nitrogen functional groups attached to an aromatic ring is 2. The highest BCUT2D eigenvalue weighted by Gasteiger charge is 2.35. The van der Waals surface area contributed by atoms with Gasteiger partial charge in [0.1, 0.15) is 0 Å². The molecule has 0 saturated carbocycles. The third-order valence-corrected chi connectivity index (χ3v) is 6.16. The molecule has 0 radical (unpaired) electrons. The molecule has 0 amide bonds. The maximum absolute atomic E-state index is 6.18. The van der Waals surface area contributed by atoms with E-state index < -0.39 is 0 Å². The Hall–Kier alpha value is -3.52. The maximum atomic E-state index is 6.18. The SMILES string of the molecule is CC1(C)c2ccccc2-c2ccc(-c3cc(N)ccc3-c3ccc(N)cc3)cc21. The van der Waals surface area contributed by atoms with Gasteiger partial charge in [-0.05, 0) is 74.8 Å². The summed E-state index contributed by atoms with van der Waals surface area (Å²) in [6.45, 7) is 4.61. The molecule has 0 aliphatic heterocycles. The smallest absolute Gasteiger partial charge is 0.0320 e. The van der Waals surface area contributed by atoms with E-state index in [4.69, 9.17) is 11.5 Å². The summed E-state index contributed by atoms with van der Waals surface area (Å²) < 4.78 is 0. The highest BCUT2D eigenvalue weighted by Crippen LogP contribution is 2.50. The molecule has 0 unspecified atom stereocenters. The lowest BCUT2D eigenvalue weighted by molar-refractivity contribution is 0.660. The molecule has 29 heavy (non-hydrogen) atoms. The van der Waals surface area contributed by atoms with Crippen LogP contribution in [0.15, 0.2) is 84.9 Å². The molecule has 0 heterocycles. The van der Waals surface area contributed by atoms with Gasteiger partial charge in [-0.15, -0.1) is 0 Å². The molecule has 4 aromatic rings. The van der Waals surface area contributed by atoms with Gasteiger partial charge < -0.3 is 11.5 Å². The fourth-order valence-corrected chi connectivity index (χ4v) is 4.59. The van der Waals surface area contributed by atoms with Crippen LogP contribution < -0.4 is 11.5 Å². The molecule has 0 fully saturated rings. The lowest BCUT2D eigenvalue weighted by atomic mass is 9.81. The summed E-state index contributed by atoms with van der Waals surface area (Å²) in [4.78, 5) is 0. The van der Waals surface area contributed by atoms with Crippen LogP contribution in [0, 0.1) is 0 Å². The first-order chi connectivity index (χ1) is 13.9. The standard InChI is InChI=1S/C27H24N2/c1-27(2)25-6-4-3-5-22(25)23-13-9-18(15-26(23)27)24-16-20(29)12-14-21(24)17-7-10-19(28)11-8-17/h3-16H,28-29H2,1-2H3. The first-order valence-corrected chi connectivity index (χ1v) is 9.95. The molecule has 142 valence electrons. The molecule has 0 spiro atoms. The summed E-state index contributed by atoms with van der Waals surface area (Å²) >= 11 is 0. The van der Waals surface area contributed by atoms with Crippen molar-refractivity contribution in [3.63, 3.8) is 0 Å². The molecule has 4 N–H and O–H groups in total. The van der Waals surface area contributed by atoms with Crippen molar-refractivity contribution >= 4 is 11.4 Å². The van der Waals surface area contributed by atoms with E-state index in [1.807, 2.05) is 18.2 Å². The van der Waals surface area contributed by atoms with Crippen LogP contribution in [0.1, 0.15) is 25.0 Å². The topological polar surface area (TPSA) is 52.0 Å². The zero-order chi connectivity index (χ0) is 20.2. The van der Waals surface area contributed by atoms with E-state index in [1.54, 1.807) is 0 Å². The average Bonchev–Trinajstić information content (AvgIpc) is 2.96. The van der Waals surface area contributed by atoms with Crippen molar-refractivity contribution in [1.29, 1.82) is 0 Å². The summed E-state index contributed by atoms with van der Waals surface area (Å²) in [5.41, 5.74) is 23.6. The van der Waals surface area contributed by atoms with Crippen LogP contribution in [0.25, 0.3) is 33.4 Å². The van der Waals surface area contributed by atoms with E-state index in [1.165, 1.54) is 27.8 Å². The molecule has 0 aromatic heterocycles. The summed E-state index contributed by atoms with van der Waals surface area (Å²) in [7, 11) is 0. The summed E-state index contributed by atoms with van der Waals surface area (Å²) in [6, 6.07) is 29.7. The van der Waals surface area contributed by atoms with E-state index in [-0.39, 0.29) is 5.41 Å². The minimum absolute atomic E-state index is 0.0242. The van der Waals surface area contributed by atoms with Crippen LogP contribution in [0.5, 0.6) is 0 Å². The van der Waals surface area contributed by atoms with Gasteiger partial charge in [-0.1, -0.05) is 68.4 Å². The summed E-state index contributed by atoms with van der Waals surface area (Å²) in [6.07, 6.45) is 0. The highest BCUT2D eigenvalue weighted by molar-refractivity contribution is 5.89. The second-order valence-electron chi connectivity index (χ2n) is 8.36. The molecule has 2 nitrogen and oxygen atoms in total. The Labute approximate surface area is 171 Å². The van der Waals surface area contributed by atoms with Crippen molar-refractivity contribution in [2.75, 3.05) is 11.5 Å². The van der Waals surface area contributed by atoms with Crippen molar-refractivity contribution < 1.29 is 0 Å². The van der Waals surface area contributed by atoms with Crippen LogP contribution in [-0.2, 0) is 5.41 Å². The van der Waals surface area contributed by atoms with Gasteiger partial charge in [0.25, 0.3) is 0 Å². The number of hydrogen-bond acceptors (Lipinski definition) is 2. The molecule has 2 heteroatoms. The lowest BCUT2D eigenvalue weighted by Gasteiger charge is -2.22. The van der Waals surface area contributed by atoms with Crippen LogP contribution in [0.3, 0.4) is 0 Å².